The molecule has 0 spiro atoms. The largest absolute Gasteiger partial charge is 0.481 e. The van der Waals surface area contributed by atoms with Gasteiger partial charge in [0.15, 0.2) is 0 Å². The Morgan fingerprint density at radius 3 is 2.53 bits per heavy atom. The van der Waals surface area contributed by atoms with Crippen molar-refractivity contribution >= 4 is 12.0 Å². The third-order valence-electron chi connectivity index (χ3n) is 4.04. The van der Waals surface area contributed by atoms with E-state index in [2.05, 4.69) is 10.6 Å². The van der Waals surface area contributed by atoms with Gasteiger partial charge in [-0.1, -0.05) is 0 Å². The molecule has 0 aromatic heterocycles. The lowest BCUT2D eigenvalue weighted by atomic mass is 10.0. The van der Waals surface area contributed by atoms with Gasteiger partial charge in [-0.25, -0.2) is 4.79 Å². The van der Waals surface area contributed by atoms with Crippen molar-refractivity contribution in [3.05, 3.63) is 0 Å². The Morgan fingerprint density at radius 2 is 1.95 bits per heavy atom. The summed E-state index contributed by atoms with van der Waals surface area (Å²) in [5, 5.41) is 14.5. The molecule has 4 atom stereocenters. The van der Waals surface area contributed by atoms with Crippen molar-refractivity contribution in [1.29, 1.82) is 0 Å². The number of rotatable bonds is 5. The average Bonchev–Trinajstić information content (AvgIpc) is 3.09. The van der Waals surface area contributed by atoms with E-state index in [4.69, 9.17) is 9.84 Å². The summed E-state index contributed by atoms with van der Waals surface area (Å²) in [6.07, 6.45) is 3.32. The van der Waals surface area contributed by atoms with E-state index in [0.29, 0.717) is 12.5 Å². The van der Waals surface area contributed by atoms with E-state index in [9.17, 15) is 9.59 Å². The number of amides is 2. The van der Waals surface area contributed by atoms with Crippen molar-refractivity contribution < 1.29 is 19.4 Å². The zero-order valence-corrected chi connectivity index (χ0v) is 11.4. The molecule has 1 saturated carbocycles. The number of nitrogens with one attached hydrogen (secondary N) is 2. The molecule has 19 heavy (non-hydrogen) atoms. The Morgan fingerprint density at radius 1 is 1.26 bits per heavy atom. The summed E-state index contributed by atoms with van der Waals surface area (Å²) >= 11 is 0. The highest BCUT2D eigenvalue weighted by Crippen LogP contribution is 2.38. The molecule has 6 heteroatoms. The number of urea groups is 1. The molecule has 0 aromatic carbocycles. The number of hydrogen-bond donors (Lipinski definition) is 3. The van der Waals surface area contributed by atoms with Crippen LogP contribution in [0.5, 0.6) is 0 Å². The number of aliphatic carboxylic acids is 1. The summed E-state index contributed by atoms with van der Waals surface area (Å²) < 4.78 is 5.64. The third-order valence-corrected chi connectivity index (χ3v) is 4.04. The van der Waals surface area contributed by atoms with Gasteiger partial charge in [0.05, 0.1) is 18.1 Å². The van der Waals surface area contributed by atoms with Gasteiger partial charge >= 0.3 is 12.0 Å². The minimum Gasteiger partial charge on any atom is -0.481 e. The lowest BCUT2D eigenvalue weighted by Crippen LogP contribution is -2.50. The van der Waals surface area contributed by atoms with E-state index in [1.165, 1.54) is 12.8 Å². The molecule has 0 aromatic rings. The third kappa shape index (κ3) is 3.59. The van der Waals surface area contributed by atoms with Crippen LogP contribution >= 0.6 is 0 Å². The molecule has 2 rings (SSSR count). The minimum atomic E-state index is -0.909. The fourth-order valence-electron chi connectivity index (χ4n) is 2.41. The normalized spacial score (nSPS) is 29.6. The molecular weight excluding hydrogens is 248 g/mol. The van der Waals surface area contributed by atoms with Crippen LogP contribution in [0.3, 0.4) is 0 Å². The maximum absolute atomic E-state index is 11.9. The van der Waals surface area contributed by atoms with Crippen LogP contribution in [0, 0.1) is 11.8 Å². The first-order valence-corrected chi connectivity index (χ1v) is 6.90. The molecule has 6 nitrogen and oxygen atoms in total. The molecule has 108 valence electrons. The van der Waals surface area contributed by atoms with Crippen LogP contribution in [0.25, 0.3) is 0 Å². The van der Waals surface area contributed by atoms with E-state index in [-0.39, 0.29) is 18.2 Å². The topological polar surface area (TPSA) is 87.7 Å². The van der Waals surface area contributed by atoms with Crippen LogP contribution < -0.4 is 10.6 Å². The van der Waals surface area contributed by atoms with Gasteiger partial charge in [-0.05, 0) is 39.0 Å². The van der Waals surface area contributed by atoms with E-state index in [0.717, 1.165) is 6.42 Å². The molecule has 2 amide bonds. The van der Waals surface area contributed by atoms with Crippen LogP contribution in [0.2, 0.25) is 0 Å². The van der Waals surface area contributed by atoms with E-state index in [1.807, 2.05) is 0 Å². The SMILES string of the molecule is CC(NC(=O)NC1CCOC1C1CC1)C(C)C(=O)O. The molecule has 4 unspecified atom stereocenters. The van der Waals surface area contributed by atoms with E-state index >= 15 is 0 Å². The lowest BCUT2D eigenvalue weighted by Gasteiger charge is -2.23. The van der Waals surface area contributed by atoms with Gasteiger partial charge in [0.1, 0.15) is 0 Å². The Labute approximate surface area is 112 Å². The Kier molecular flexibility index (Phi) is 4.29. The highest BCUT2D eigenvalue weighted by atomic mass is 16.5. The number of carboxylic acids is 1. The Hall–Kier alpha value is -1.30. The predicted molar refractivity (Wildman–Crippen MR) is 68.8 cm³/mol. The highest BCUT2D eigenvalue weighted by Gasteiger charge is 2.41. The Balaban J connectivity index is 1.78. The monoisotopic (exact) mass is 270 g/mol. The van der Waals surface area contributed by atoms with Crippen molar-refractivity contribution in [2.75, 3.05) is 6.61 Å². The van der Waals surface area contributed by atoms with Crippen molar-refractivity contribution in [3.63, 3.8) is 0 Å². The molecule has 1 aliphatic heterocycles. The summed E-state index contributed by atoms with van der Waals surface area (Å²) in [7, 11) is 0. The van der Waals surface area contributed by atoms with E-state index in [1.54, 1.807) is 13.8 Å². The van der Waals surface area contributed by atoms with Gasteiger partial charge in [0, 0.05) is 12.6 Å². The van der Waals surface area contributed by atoms with Crippen LogP contribution in [0.15, 0.2) is 0 Å². The summed E-state index contributed by atoms with van der Waals surface area (Å²) in [5.41, 5.74) is 0. The quantitative estimate of drug-likeness (QED) is 0.694. The molecule has 1 aliphatic carbocycles. The van der Waals surface area contributed by atoms with Gasteiger partial charge in [0.2, 0.25) is 0 Å². The van der Waals surface area contributed by atoms with Crippen molar-refractivity contribution in [2.24, 2.45) is 11.8 Å². The Bertz CT molecular complexity index is 357. The second-order valence-corrected chi connectivity index (χ2v) is 5.60. The average molecular weight is 270 g/mol. The number of carbonyl (C=O) groups excluding carboxylic acids is 1. The van der Waals surface area contributed by atoms with Crippen LogP contribution in [-0.4, -0.2) is 41.9 Å². The summed E-state index contributed by atoms with van der Waals surface area (Å²) in [6, 6.07) is -0.652. The maximum Gasteiger partial charge on any atom is 0.315 e. The van der Waals surface area contributed by atoms with Crippen LogP contribution in [-0.2, 0) is 9.53 Å². The van der Waals surface area contributed by atoms with Crippen LogP contribution in [0.4, 0.5) is 4.79 Å². The van der Waals surface area contributed by atoms with Gasteiger partial charge in [0.25, 0.3) is 0 Å². The van der Waals surface area contributed by atoms with Crippen LogP contribution in [0.1, 0.15) is 33.1 Å². The fourth-order valence-corrected chi connectivity index (χ4v) is 2.41. The summed E-state index contributed by atoms with van der Waals surface area (Å²) in [6.45, 7) is 3.97. The zero-order chi connectivity index (χ0) is 14.0. The standard InChI is InChI=1S/C13H22N2O4/c1-7(12(16)17)8(2)14-13(18)15-10-5-6-19-11(10)9-3-4-9/h7-11H,3-6H2,1-2H3,(H,16,17)(H2,14,15,18). The first-order chi connectivity index (χ1) is 8.99. The van der Waals surface area contributed by atoms with Gasteiger partial charge in [-0.15, -0.1) is 0 Å². The van der Waals surface area contributed by atoms with Gasteiger partial charge in [-0.2, -0.15) is 0 Å². The number of hydrogen-bond acceptors (Lipinski definition) is 3. The lowest BCUT2D eigenvalue weighted by molar-refractivity contribution is -0.141. The van der Waals surface area contributed by atoms with Gasteiger partial charge in [-0.3, -0.25) is 4.79 Å². The van der Waals surface area contributed by atoms with Gasteiger partial charge < -0.3 is 20.5 Å². The predicted octanol–water partition coefficient (Wildman–Crippen LogP) is 0.962. The number of carboxylic acid groups (broad SMARTS) is 1. The molecule has 0 radical (unpaired) electrons. The number of ether oxygens (including phenoxy) is 1. The van der Waals surface area contributed by atoms with Crippen molar-refractivity contribution in [3.8, 4) is 0 Å². The summed E-state index contributed by atoms with van der Waals surface area (Å²) in [5.74, 6) is -0.930. The molecule has 2 aliphatic rings. The fraction of sp³-hybridized carbons (Fsp3) is 0.846. The minimum absolute atomic E-state index is 0.0554. The second kappa shape index (κ2) is 5.77. The zero-order valence-electron chi connectivity index (χ0n) is 11.4. The van der Waals surface area contributed by atoms with Crippen molar-refractivity contribution in [1.82, 2.24) is 10.6 Å². The summed E-state index contributed by atoms with van der Waals surface area (Å²) in [4.78, 5) is 22.7. The molecule has 2 fully saturated rings. The molecule has 1 saturated heterocycles. The maximum atomic E-state index is 11.9. The first kappa shape index (κ1) is 14.1. The van der Waals surface area contributed by atoms with Crippen molar-refractivity contribution in [2.45, 2.75) is 51.3 Å². The molecule has 0 bridgehead atoms. The first-order valence-electron chi connectivity index (χ1n) is 6.90. The molecule has 1 heterocycles. The smallest absolute Gasteiger partial charge is 0.315 e. The van der Waals surface area contributed by atoms with E-state index < -0.39 is 17.9 Å². The molecule has 3 N–H and O–H groups in total. The molecular formula is C13H22N2O4. The highest BCUT2D eigenvalue weighted by molar-refractivity contribution is 5.76. The second-order valence-electron chi connectivity index (χ2n) is 5.60. The number of carbonyl (C=O) groups is 2.